The van der Waals surface area contributed by atoms with Crippen molar-refractivity contribution in [2.75, 3.05) is 0 Å². The van der Waals surface area contributed by atoms with Gasteiger partial charge >= 0.3 is 0 Å². The van der Waals surface area contributed by atoms with Crippen molar-refractivity contribution >= 4 is 0 Å². The Bertz CT molecular complexity index is 590. The molecule has 0 bridgehead atoms. The quantitative estimate of drug-likeness (QED) is 0.655. The van der Waals surface area contributed by atoms with Crippen LogP contribution in [0.25, 0.3) is 0 Å². The van der Waals surface area contributed by atoms with Gasteiger partial charge in [-0.1, -0.05) is 31.2 Å². The molecule has 3 N–H and O–H groups in total. The third-order valence-corrected chi connectivity index (χ3v) is 4.50. The zero-order chi connectivity index (χ0) is 14.7. The lowest BCUT2D eigenvalue weighted by Gasteiger charge is -2.30. The highest BCUT2D eigenvalue weighted by Gasteiger charge is 2.27. The third kappa shape index (κ3) is 3.01. The van der Waals surface area contributed by atoms with Gasteiger partial charge < -0.3 is 0 Å². The normalized spacial score (nSPS) is 19.2. The number of nitrogens with two attached hydrogens (primary N) is 1. The summed E-state index contributed by atoms with van der Waals surface area (Å²) in [6.45, 7) is 3.13. The lowest BCUT2D eigenvalue weighted by molar-refractivity contribution is 0.329. The molecule has 2 atom stereocenters. The lowest BCUT2D eigenvalue weighted by Crippen LogP contribution is -2.36. The summed E-state index contributed by atoms with van der Waals surface area (Å²) in [6.07, 6.45) is 8.59. The Kier molecular flexibility index (Phi) is 4.36. The molecule has 1 heterocycles. The lowest BCUT2D eigenvalue weighted by atomic mass is 9.79. The van der Waals surface area contributed by atoms with Crippen LogP contribution in [0.3, 0.4) is 0 Å². The molecule has 1 aromatic carbocycles. The average molecular weight is 284 g/mol. The first-order valence-electron chi connectivity index (χ1n) is 7.87. The average Bonchev–Trinajstić information content (AvgIpc) is 2.97. The molecule has 2 aromatic rings. The number of nitrogens with zero attached hydrogens (tertiary/aromatic N) is 2. The maximum Gasteiger partial charge on any atom is 0.0538 e. The molecule has 0 amide bonds. The van der Waals surface area contributed by atoms with Crippen molar-refractivity contribution in [3.63, 3.8) is 0 Å². The van der Waals surface area contributed by atoms with E-state index >= 15 is 0 Å². The van der Waals surface area contributed by atoms with E-state index < -0.39 is 0 Å². The predicted octanol–water partition coefficient (Wildman–Crippen LogP) is 2.60. The fourth-order valence-electron chi connectivity index (χ4n) is 3.41. The van der Waals surface area contributed by atoms with Gasteiger partial charge in [-0.2, -0.15) is 5.10 Å². The van der Waals surface area contributed by atoms with Crippen LogP contribution in [0.1, 0.15) is 42.5 Å². The first-order chi connectivity index (χ1) is 10.3. The van der Waals surface area contributed by atoms with E-state index in [1.54, 1.807) is 0 Å². The van der Waals surface area contributed by atoms with Crippen LogP contribution in [0.4, 0.5) is 0 Å². The van der Waals surface area contributed by atoms with Gasteiger partial charge in [0.2, 0.25) is 0 Å². The van der Waals surface area contributed by atoms with Gasteiger partial charge in [-0.05, 0) is 42.7 Å². The monoisotopic (exact) mass is 284 g/mol. The predicted molar refractivity (Wildman–Crippen MR) is 84.5 cm³/mol. The van der Waals surface area contributed by atoms with E-state index in [0.29, 0.717) is 5.92 Å². The van der Waals surface area contributed by atoms with E-state index in [0.717, 1.165) is 25.8 Å². The second kappa shape index (κ2) is 6.41. The Morgan fingerprint density at radius 2 is 2.19 bits per heavy atom. The van der Waals surface area contributed by atoms with Crippen LogP contribution in [0.15, 0.2) is 36.7 Å². The fraction of sp³-hybridized carbons (Fsp3) is 0.471. The van der Waals surface area contributed by atoms with Crippen molar-refractivity contribution in [1.82, 2.24) is 15.2 Å². The van der Waals surface area contributed by atoms with Gasteiger partial charge in [0.05, 0.1) is 12.2 Å². The van der Waals surface area contributed by atoms with Crippen LogP contribution in [0.2, 0.25) is 0 Å². The largest absolute Gasteiger partial charge is 0.272 e. The van der Waals surface area contributed by atoms with Crippen LogP contribution in [0, 0.1) is 5.92 Å². The number of aryl methyl sites for hydroxylation is 2. The summed E-state index contributed by atoms with van der Waals surface area (Å²) in [6, 6.07) is 8.94. The molecular formula is C17H24N4. The standard InChI is InChI=1S/C17H24N4/c1-2-9-21-12-16(11-19-21)17(20-18)15-8-7-13-5-3-4-6-14(13)10-15/h3-6,11-12,15,17,20H,2,7-10,18H2,1H3. The minimum Gasteiger partial charge on any atom is -0.272 e. The number of rotatable bonds is 5. The van der Waals surface area contributed by atoms with Crippen molar-refractivity contribution in [3.8, 4) is 0 Å². The van der Waals surface area contributed by atoms with Gasteiger partial charge in [-0.3, -0.25) is 16.0 Å². The Morgan fingerprint density at radius 1 is 1.38 bits per heavy atom. The molecule has 0 aliphatic heterocycles. The molecule has 0 fully saturated rings. The smallest absolute Gasteiger partial charge is 0.0538 e. The number of fused-ring (bicyclic) bond motifs is 1. The molecule has 4 heteroatoms. The highest BCUT2D eigenvalue weighted by atomic mass is 15.3. The Morgan fingerprint density at radius 3 is 2.95 bits per heavy atom. The van der Waals surface area contributed by atoms with Crippen LogP contribution in [-0.4, -0.2) is 9.78 Å². The van der Waals surface area contributed by atoms with Gasteiger partial charge in [0.15, 0.2) is 0 Å². The fourth-order valence-corrected chi connectivity index (χ4v) is 3.41. The molecule has 0 saturated heterocycles. The summed E-state index contributed by atoms with van der Waals surface area (Å²) >= 11 is 0. The van der Waals surface area contributed by atoms with Crippen molar-refractivity contribution in [2.45, 2.75) is 45.2 Å². The number of hydrogen-bond acceptors (Lipinski definition) is 3. The summed E-state index contributed by atoms with van der Waals surface area (Å²) in [5.41, 5.74) is 7.18. The van der Waals surface area contributed by atoms with Crippen molar-refractivity contribution < 1.29 is 0 Å². The highest BCUT2D eigenvalue weighted by Crippen LogP contribution is 2.33. The Balaban J connectivity index is 1.77. The number of nitrogens with one attached hydrogen (secondary N) is 1. The van der Waals surface area contributed by atoms with Crippen molar-refractivity contribution in [3.05, 3.63) is 53.3 Å². The molecule has 1 aliphatic rings. The van der Waals surface area contributed by atoms with Crippen molar-refractivity contribution in [2.24, 2.45) is 11.8 Å². The minimum atomic E-state index is 0.184. The molecule has 0 saturated carbocycles. The summed E-state index contributed by atoms with van der Waals surface area (Å²) in [7, 11) is 0. The molecule has 3 rings (SSSR count). The maximum atomic E-state index is 5.85. The second-order valence-electron chi connectivity index (χ2n) is 5.95. The topological polar surface area (TPSA) is 55.9 Å². The van der Waals surface area contributed by atoms with Gasteiger partial charge in [0.25, 0.3) is 0 Å². The molecule has 1 aromatic heterocycles. The van der Waals surface area contributed by atoms with Gasteiger partial charge in [0, 0.05) is 18.3 Å². The van der Waals surface area contributed by atoms with Crippen LogP contribution >= 0.6 is 0 Å². The SMILES string of the molecule is CCCn1cc(C(NN)C2CCc3ccccc3C2)cn1. The van der Waals surface area contributed by atoms with Gasteiger partial charge in [-0.15, -0.1) is 0 Å². The molecule has 1 aliphatic carbocycles. The zero-order valence-electron chi connectivity index (χ0n) is 12.6. The van der Waals surface area contributed by atoms with E-state index in [1.165, 1.54) is 23.1 Å². The Labute approximate surface area is 126 Å². The summed E-state index contributed by atoms with van der Waals surface area (Å²) < 4.78 is 2.01. The molecule has 112 valence electrons. The number of hydrazine groups is 1. The van der Waals surface area contributed by atoms with E-state index in [2.05, 4.69) is 47.9 Å². The van der Waals surface area contributed by atoms with Crippen LogP contribution in [0.5, 0.6) is 0 Å². The first-order valence-corrected chi connectivity index (χ1v) is 7.87. The number of hydrogen-bond donors (Lipinski definition) is 2. The molecule has 21 heavy (non-hydrogen) atoms. The molecule has 4 nitrogen and oxygen atoms in total. The third-order valence-electron chi connectivity index (χ3n) is 4.50. The van der Waals surface area contributed by atoms with Crippen LogP contribution < -0.4 is 11.3 Å². The number of benzene rings is 1. The van der Waals surface area contributed by atoms with E-state index in [1.807, 2.05) is 10.9 Å². The second-order valence-corrected chi connectivity index (χ2v) is 5.95. The van der Waals surface area contributed by atoms with E-state index in [9.17, 15) is 0 Å². The van der Waals surface area contributed by atoms with Gasteiger partial charge in [0.1, 0.15) is 0 Å². The molecule has 2 unspecified atom stereocenters. The molecule has 0 spiro atoms. The summed E-state index contributed by atoms with van der Waals surface area (Å²) in [4.78, 5) is 0. The summed E-state index contributed by atoms with van der Waals surface area (Å²) in [5, 5.41) is 4.44. The van der Waals surface area contributed by atoms with E-state index in [-0.39, 0.29) is 6.04 Å². The van der Waals surface area contributed by atoms with Crippen LogP contribution in [-0.2, 0) is 19.4 Å². The van der Waals surface area contributed by atoms with Gasteiger partial charge in [-0.25, -0.2) is 0 Å². The highest BCUT2D eigenvalue weighted by molar-refractivity contribution is 5.30. The van der Waals surface area contributed by atoms with Crippen molar-refractivity contribution in [1.29, 1.82) is 0 Å². The molecule has 0 radical (unpaired) electrons. The summed E-state index contributed by atoms with van der Waals surface area (Å²) in [5.74, 6) is 6.38. The number of aromatic nitrogens is 2. The Hall–Kier alpha value is -1.65. The maximum absolute atomic E-state index is 5.85. The molecular weight excluding hydrogens is 260 g/mol. The zero-order valence-corrected chi connectivity index (χ0v) is 12.6. The van der Waals surface area contributed by atoms with E-state index in [4.69, 9.17) is 5.84 Å². The first kappa shape index (κ1) is 14.3. The minimum absolute atomic E-state index is 0.184.